The van der Waals surface area contributed by atoms with Gasteiger partial charge in [-0.1, -0.05) is 6.07 Å². The summed E-state index contributed by atoms with van der Waals surface area (Å²) < 4.78 is 14.8. The van der Waals surface area contributed by atoms with Gasteiger partial charge in [0.2, 0.25) is 0 Å². The Labute approximate surface area is 103 Å². The van der Waals surface area contributed by atoms with Gasteiger partial charge in [0.15, 0.2) is 11.4 Å². The molecule has 2 rings (SSSR count). The second-order valence-electron chi connectivity index (χ2n) is 3.65. The van der Waals surface area contributed by atoms with Gasteiger partial charge in [-0.3, -0.25) is 0 Å². The molecule has 1 heterocycles. The number of benzene rings is 1. The van der Waals surface area contributed by atoms with Crippen molar-refractivity contribution in [3.63, 3.8) is 0 Å². The predicted molar refractivity (Wildman–Crippen MR) is 61.6 cm³/mol. The van der Waals surface area contributed by atoms with Crippen molar-refractivity contribution >= 4 is 5.69 Å². The number of halogens is 1. The SMILES string of the molecule is N#Cc1ncn(Cc2ccc(N)c(F)c2)c1C#N. The molecule has 0 radical (unpaired) electrons. The van der Waals surface area contributed by atoms with Crippen molar-refractivity contribution in [1.82, 2.24) is 9.55 Å². The van der Waals surface area contributed by atoms with Crippen molar-refractivity contribution in [1.29, 1.82) is 10.5 Å². The predicted octanol–water partition coefficient (Wildman–Crippen LogP) is 1.40. The summed E-state index contributed by atoms with van der Waals surface area (Å²) in [6, 6.07) is 8.14. The van der Waals surface area contributed by atoms with E-state index in [9.17, 15) is 4.39 Å². The molecule has 0 spiro atoms. The fraction of sp³-hybridized carbons (Fsp3) is 0.0833. The summed E-state index contributed by atoms with van der Waals surface area (Å²) in [6.07, 6.45) is 1.38. The molecule has 0 aliphatic heterocycles. The van der Waals surface area contributed by atoms with E-state index >= 15 is 0 Å². The third-order valence-corrected chi connectivity index (χ3v) is 2.47. The van der Waals surface area contributed by atoms with Crippen LogP contribution in [0.5, 0.6) is 0 Å². The molecule has 5 nitrogen and oxygen atoms in total. The Morgan fingerprint density at radius 1 is 1.33 bits per heavy atom. The smallest absolute Gasteiger partial charge is 0.176 e. The van der Waals surface area contributed by atoms with Gasteiger partial charge < -0.3 is 10.3 Å². The van der Waals surface area contributed by atoms with Crippen LogP contribution in [-0.2, 0) is 6.54 Å². The molecule has 0 atom stereocenters. The fourth-order valence-corrected chi connectivity index (χ4v) is 1.57. The van der Waals surface area contributed by atoms with Crippen molar-refractivity contribution in [2.45, 2.75) is 6.54 Å². The first-order chi connectivity index (χ1) is 8.65. The Balaban J connectivity index is 2.35. The quantitative estimate of drug-likeness (QED) is 0.804. The molecule has 0 fully saturated rings. The number of nitriles is 2. The number of aromatic nitrogens is 2. The van der Waals surface area contributed by atoms with E-state index in [1.165, 1.54) is 23.0 Å². The van der Waals surface area contributed by atoms with Crippen LogP contribution in [0.4, 0.5) is 10.1 Å². The second-order valence-corrected chi connectivity index (χ2v) is 3.65. The Bertz CT molecular complexity index is 675. The molecule has 88 valence electrons. The summed E-state index contributed by atoms with van der Waals surface area (Å²) in [5.74, 6) is -0.508. The van der Waals surface area contributed by atoms with Crippen LogP contribution in [0.2, 0.25) is 0 Å². The Morgan fingerprint density at radius 3 is 2.72 bits per heavy atom. The Hall–Kier alpha value is -2.86. The number of nitrogen functional groups attached to an aromatic ring is 1. The number of anilines is 1. The van der Waals surface area contributed by atoms with E-state index in [4.69, 9.17) is 16.3 Å². The van der Waals surface area contributed by atoms with Crippen LogP contribution in [0.3, 0.4) is 0 Å². The maximum Gasteiger partial charge on any atom is 0.176 e. The average molecular weight is 241 g/mol. The number of hydrogen-bond acceptors (Lipinski definition) is 4. The lowest BCUT2D eigenvalue weighted by Gasteiger charge is -2.05. The molecule has 1 aromatic carbocycles. The molecule has 18 heavy (non-hydrogen) atoms. The molecule has 2 aromatic rings. The zero-order chi connectivity index (χ0) is 13.1. The zero-order valence-electron chi connectivity index (χ0n) is 9.26. The summed E-state index contributed by atoms with van der Waals surface area (Å²) in [6.45, 7) is 0.259. The summed E-state index contributed by atoms with van der Waals surface area (Å²) in [4.78, 5) is 3.80. The van der Waals surface area contributed by atoms with Crippen molar-refractivity contribution < 1.29 is 4.39 Å². The molecule has 6 heteroatoms. The maximum absolute atomic E-state index is 13.3. The van der Waals surface area contributed by atoms with Gasteiger partial charge >= 0.3 is 0 Å². The van der Waals surface area contributed by atoms with E-state index in [1.807, 2.05) is 12.1 Å². The lowest BCUT2D eigenvalue weighted by atomic mass is 10.2. The highest BCUT2D eigenvalue weighted by Gasteiger charge is 2.10. The van der Waals surface area contributed by atoms with Gasteiger partial charge in [0.25, 0.3) is 0 Å². The number of nitrogens with zero attached hydrogens (tertiary/aromatic N) is 4. The van der Waals surface area contributed by atoms with Crippen LogP contribution >= 0.6 is 0 Å². The van der Waals surface area contributed by atoms with Crippen LogP contribution in [-0.4, -0.2) is 9.55 Å². The average Bonchev–Trinajstić information content (AvgIpc) is 2.75. The minimum absolute atomic E-state index is 0.0633. The third-order valence-electron chi connectivity index (χ3n) is 2.47. The van der Waals surface area contributed by atoms with Gasteiger partial charge in [-0.25, -0.2) is 9.37 Å². The summed E-state index contributed by atoms with van der Waals surface area (Å²) in [5, 5.41) is 17.7. The molecular weight excluding hydrogens is 233 g/mol. The molecule has 1 aromatic heterocycles. The van der Waals surface area contributed by atoms with Gasteiger partial charge in [0.05, 0.1) is 12.0 Å². The van der Waals surface area contributed by atoms with Crippen molar-refractivity contribution in [2.24, 2.45) is 0 Å². The first-order valence-corrected chi connectivity index (χ1v) is 5.05. The van der Waals surface area contributed by atoms with E-state index in [-0.39, 0.29) is 23.6 Å². The highest BCUT2D eigenvalue weighted by Crippen LogP contribution is 2.14. The van der Waals surface area contributed by atoms with E-state index in [2.05, 4.69) is 4.98 Å². The van der Waals surface area contributed by atoms with Gasteiger partial charge in [-0.15, -0.1) is 0 Å². The molecule has 0 amide bonds. The Kier molecular flexibility index (Phi) is 2.94. The van der Waals surface area contributed by atoms with E-state index < -0.39 is 5.82 Å². The highest BCUT2D eigenvalue weighted by atomic mass is 19.1. The van der Waals surface area contributed by atoms with Gasteiger partial charge in [-0.2, -0.15) is 10.5 Å². The van der Waals surface area contributed by atoms with Crippen LogP contribution in [0.15, 0.2) is 24.5 Å². The molecule has 0 bridgehead atoms. The van der Waals surface area contributed by atoms with Crippen LogP contribution in [0, 0.1) is 28.5 Å². The minimum atomic E-state index is -0.508. The van der Waals surface area contributed by atoms with Gasteiger partial charge in [-0.05, 0) is 17.7 Å². The summed E-state index contributed by atoms with van der Waals surface area (Å²) >= 11 is 0. The molecular formula is C12H8FN5. The van der Waals surface area contributed by atoms with Crippen molar-refractivity contribution in [3.8, 4) is 12.1 Å². The van der Waals surface area contributed by atoms with E-state index in [1.54, 1.807) is 6.07 Å². The lowest BCUT2D eigenvalue weighted by molar-refractivity contribution is 0.628. The normalized spacial score (nSPS) is 9.72. The molecule has 0 saturated carbocycles. The Morgan fingerprint density at radius 2 is 2.11 bits per heavy atom. The van der Waals surface area contributed by atoms with Crippen LogP contribution < -0.4 is 5.73 Å². The highest BCUT2D eigenvalue weighted by molar-refractivity contribution is 5.42. The summed E-state index contributed by atoms with van der Waals surface area (Å²) in [7, 11) is 0. The first kappa shape index (κ1) is 11.6. The topological polar surface area (TPSA) is 91.4 Å². The zero-order valence-corrected chi connectivity index (χ0v) is 9.26. The molecule has 2 N–H and O–H groups in total. The third kappa shape index (κ3) is 2.00. The van der Waals surface area contributed by atoms with E-state index in [0.29, 0.717) is 5.56 Å². The van der Waals surface area contributed by atoms with Gasteiger partial charge in [0.1, 0.15) is 18.0 Å². The molecule has 0 aliphatic carbocycles. The monoisotopic (exact) mass is 241 g/mol. The number of rotatable bonds is 2. The van der Waals surface area contributed by atoms with Crippen LogP contribution in [0.25, 0.3) is 0 Å². The van der Waals surface area contributed by atoms with E-state index in [0.717, 1.165) is 0 Å². The van der Waals surface area contributed by atoms with Crippen molar-refractivity contribution in [3.05, 3.63) is 47.3 Å². The summed E-state index contributed by atoms with van der Waals surface area (Å²) in [5.41, 5.74) is 6.31. The standard InChI is InChI=1S/C12H8FN5/c13-9-3-8(1-2-10(9)16)6-18-7-17-11(4-14)12(18)5-15/h1-3,7H,6,16H2. The number of imidazole rings is 1. The number of nitrogens with two attached hydrogens (primary N) is 1. The van der Waals surface area contributed by atoms with Gasteiger partial charge in [0, 0.05) is 6.54 Å². The first-order valence-electron chi connectivity index (χ1n) is 5.05. The van der Waals surface area contributed by atoms with Crippen LogP contribution in [0.1, 0.15) is 17.0 Å². The fourth-order valence-electron chi connectivity index (χ4n) is 1.57. The number of hydrogen-bond donors (Lipinski definition) is 1. The molecule has 0 saturated heterocycles. The molecule has 0 unspecified atom stereocenters. The molecule has 0 aliphatic rings. The largest absolute Gasteiger partial charge is 0.396 e. The maximum atomic E-state index is 13.3. The second kappa shape index (κ2) is 4.56. The minimum Gasteiger partial charge on any atom is -0.396 e. The van der Waals surface area contributed by atoms with Crippen molar-refractivity contribution in [2.75, 3.05) is 5.73 Å². The lowest BCUT2D eigenvalue weighted by Crippen LogP contribution is -2.02.